The molecule has 0 heterocycles. The Bertz CT molecular complexity index is 455. The van der Waals surface area contributed by atoms with Gasteiger partial charge in [0.1, 0.15) is 0 Å². The maximum absolute atomic E-state index is 11.2. The molecule has 3 nitrogen and oxygen atoms in total. The number of aliphatic hydroxyl groups excluding tert-OH is 1. The minimum absolute atomic E-state index is 0.0751. The lowest BCUT2D eigenvalue weighted by Gasteiger charge is -2.66. The van der Waals surface area contributed by atoms with E-state index in [4.69, 9.17) is 4.74 Å². The molecule has 0 amide bonds. The monoisotopic (exact) mass is 278 g/mol. The first-order valence-corrected chi connectivity index (χ1v) is 7.85. The van der Waals surface area contributed by atoms with Gasteiger partial charge in [-0.1, -0.05) is 26.3 Å². The summed E-state index contributed by atoms with van der Waals surface area (Å²) >= 11 is 0. The van der Waals surface area contributed by atoms with Crippen molar-refractivity contribution in [1.82, 2.24) is 0 Å². The van der Waals surface area contributed by atoms with Crippen molar-refractivity contribution in [3.8, 4) is 0 Å². The van der Waals surface area contributed by atoms with E-state index in [2.05, 4.69) is 19.9 Å². The fourth-order valence-electron chi connectivity index (χ4n) is 5.51. The summed E-state index contributed by atoms with van der Waals surface area (Å²) in [7, 11) is 0. The van der Waals surface area contributed by atoms with E-state index in [-0.39, 0.29) is 18.0 Å². The van der Waals surface area contributed by atoms with Crippen LogP contribution in [0, 0.1) is 28.6 Å². The van der Waals surface area contributed by atoms with Crippen molar-refractivity contribution < 1.29 is 14.6 Å². The summed E-state index contributed by atoms with van der Waals surface area (Å²) in [4.78, 5) is 11.2. The minimum atomic E-state index is -0.180. The molecule has 0 saturated heterocycles. The molecular formula is C17H26O3. The second-order valence-corrected chi connectivity index (χ2v) is 7.58. The zero-order chi connectivity index (χ0) is 14.5. The van der Waals surface area contributed by atoms with Crippen molar-refractivity contribution in [2.45, 2.75) is 46.5 Å². The standard InChI is InChI=1S/C17H26O3/c1-11(19)20-10-16(2)7-4-8-17(3)13-6-5-12(9-18)14(17)15(13)16/h5,13-15,18H,4,6-10H2,1-3H3/t13-,14+,15+,16+,17+/m1/s1. The van der Waals surface area contributed by atoms with Crippen LogP contribution in [-0.4, -0.2) is 24.3 Å². The highest BCUT2D eigenvalue weighted by molar-refractivity contribution is 5.65. The smallest absolute Gasteiger partial charge is 0.302 e. The van der Waals surface area contributed by atoms with Gasteiger partial charge in [0.15, 0.2) is 0 Å². The molecule has 4 bridgehead atoms. The first-order chi connectivity index (χ1) is 9.42. The van der Waals surface area contributed by atoms with Crippen LogP contribution < -0.4 is 0 Å². The Morgan fingerprint density at radius 3 is 2.85 bits per heavy atom. The first kappa shape index (κ1) is 14.1. The SMILES string of the molecule is CC(=O)OC[C@]1(C)CCC[C@@]2(C)[C@@H]3CC=C(CO)[C@H]2[C@H]31. The molecule has 0 unspecified atom stereocenters. The Balaban J connectivity index is 1.90. The number of hydrogen-bond acceptors (Lipinski definition) is 3. The quantitative estimate of drug-likeness (QED) is 0.638. The van der Waals surface area contributed by atoms with Gasteiger partial charge in [0.25, 0.3) is 0 Å². The summed E-state index contributed by atoms with van der Waals surface area (Å²) in [6, 6.07) is 0. The van der Waals surface area contributed by atoms with Crippen LogP contribution in [0.5, 0.6) is 0 Å². The molecule has 3 rings (SSSR count). The van der Waals surface area contributed by atoms with Crippen LogP contribution >= 0.6 is 0 Å². The van der Waals surface area contributed by atoms with Crippen molar-refractivity contribution in [2.75, 3.05) is 13.2 Å². The molecule has 3 aliphatic carbocycles. The van der Waals surface area contributed by atoms with Crippen molar-refractivity contribution in [3.05, 3.63) is 11.6 Å². The molecule has 2 saturated carbocycles. The highest BCUT2D eigenvalue weighted by atomic mass is 16.5. The number of rotatable bonds is 3. The van der Waals surface area contributed by atoms with Crippen LogP contribution in [0.1, 0.15) is 46.5 Å². The van der Waals surface area contributed by atoms with E-state index >= 15 is 0 Å². The third-order valence-electron chi connectivity index (χ3n) is 6.44. The molecule has 1 N–H and O–H groups in total. The highest BCUT2D eigenvalue weighted by Crippen LogP contribution is 2.72. The van der Waals surface area contributed by atoms with Gasteiger partial charge in [-0.15, -0.1) is 0 Å². The van der Waals surface area contributed by atoms with Gasteiger partial charge in [0, 0.05) is 12.3 Å². The molecule has 0 aliphatic heterocycles. The fourth-order valence-corrected chi connectivity index (χ4v) is 5.51. The Morgan fingerprint density at radius 1 is 1.45 bits per heavy atom. The number of carbonyl (C=O) groups excluding carboxylic acids is 1. The predicted molar refractivity (Wildman–Crippen MR) is 77.0 cm³/mol. The fraction of sp³-hybridized carbons (Fsp3) is 0.824. The van der Waals surface area contributed by atoms with Gasteiger partial charge in [-0.05, 0) is 48.0 Å². The molecule has 0 aromatic carbocycles. The zero-order valence-electron chi connectivity index (χ0n) is 12.8. The molecule has 3 aliphatic rings. The van der Waals surface area contributed by atoms with Gasteiger partial charge in [0.2, 0.25) is 0 Å². The summed E-state index contributed by atoms with van der Waals surface area (Å²) < 4.78 is 5.38. The van der Waals surface area contributed by atoms with Crippen LogP contribution in [0.25, 0.3) is 0 Å². The Labute approximate surface area is 121 Å². The molecule has 0 aromatic heterocycles. The Hall–Kier alpha value is -0.830. The maximum atomic E-state index is 11.2. The molecule has 20 heavy (non-hydrogen) atoms. The maximum Gasteiger partial charge on any atom is 0.302 e. The lowest BCUT2D eigenvalue weighted by molar-refractivity contribution is -0.170. The normalized spacial score (nSPS) is 46.0. The molecular weight excluding hydrogens is 252 g/mol. The number of ether oxygens (including phenoxy) is 1. The van der Waals surface area contributed by atoms with E-state index in [1.807, 2.05) is 0 Å². The van der Waals surface area contributed by atoms with Gasteiger partial charge < -0.3 is 9.84 Å². The summed E-state index contributed by atoms with van der Waals surface area (Å²) in [5.41, 5.74) is 1.67. The number of carbonyl (C=O) groups is 1. The van der Waals surface area contributed by atoms with Gasteiger partial charge >= 0.3 is 5.97 Å². The van der Waals surface area contributed by atoms with E-state index in [1.54, 1.807) is 0 Å². The second-order valence-electron chi connectivity index (χ2n) is 7.58. The molecule has 0 spiro atoms. The average molecular weight is 278 g/mol. The van der Waals surface area contributed by atoms with Gasteiger partial charge in [0.05, 0.1) is 13.2 Å². The van der Waals surface area contributed by atoms with Crippen LogP contribution in [0.15, 0.2) is 11.6 Å². The van der Waals surface area contributed by atoms with Crippen molar-refractivity contribution in [2.24, 2.45) is 28.6 Å². The molecule has 112 valence electrons. The largest absolute Gasteiger partial charge is 0.465 e. The number of allylic oxidation sites excluding steroid dienone is 1. The summed E-state index contributed by atoms with van der Waals surface area (Å²) in [5, 5.41) is 9.68. The summed E-state index contributed by atoms with van der Waals surface area (Å²) in [5.74, 6) is 1.59. The van der Waals surface area contributed by atoms with Gasteiger partial charge in [-0.25, -0.2) is 0 Å². The third-order valence-corrected chi connectivity index (χ3v) is 6.44. The number of hydrogen-bond donors (Lipinski definition) is 1. The topological polar surface area (TPSA) is 46.5 Å². The van der Waals surface area contributed by atoms with Crippen molar-refractivity contribution in [1.29, 1.82) is 0 Å². The van der Waals surface area contributed by atoms with Crippen molar-refractivity contribution in [3.63, 3.8) is 0 Å². The van der Waals surface area contributed by atoms with Crippen LogP contribution in [-0.2, 0) is 9.53 Å². The Morgan fingerprint density at radius 2 is 2.20 bits per heavy atom. The zero-order valence-corrected chi connectivity index (χ0v) is 12.8. The van der Waals surface area contributed by atoms with Gasteiger partial charge in [-0.2, -0.15) is 0 Å². The van der Waals surface area contributed by atoms with Crippen LogP contribution in [0.2, 0.25) is 0 Å². The Kier molecular flexibility index (Phi) is 3.24. The van der Waals surface area contributed by atoms with Gasteiger partial charge in [-0.3, -0.25) is 4.79 Å². The van der Waals surface area contributed by atoms with Crippen LogP contribution in [0.4, 0.5) is 0 Å². The van der Waals surface area contributed by atoms with Crippen molar-refractivity contribution >= 4 is 5.97 Å². The lowest BCUT2D eigenvalue weighted by Crippen LogP contribution is -2.62. The number of esters is 1. The minimum Gasteiger partial charge on any atom is -0.465 e. The van der Waals surface area contributed by atoms with E-state index in [0.717, 1.165) is 12.8 Å². The third kappa shape index (κ3) is 1.78. The summed E-state index contributed by atoms with van der Waals surface area (Å²) in [6.07, 6.45) is 6.92. The van der Waals surface area contributed by atoms with E-state index < -0.39 is 0 Å². The van der Waals surface area contributed by atoms with E-state index in [9.17, 15) is 9.90 Å². The van der Waals surface area contributed by atoms with E-state index in [1.165, 1.54) is 25.3 Å². The van der Waals surface area contributed by atoms with Crippen LogP contribution in [0.3, 0.4) is 0 Å². The second kappa shape index (κ2) is 4.59. The number of fused-ring (bicyclic) bond motifs is 1. The first-order valence-electron chi connectivity index (χ1n) is 7.85. The lowest BCUT2D eigenvalue weighted by atomic mass is 9.38. The molecule has 5 atom stereocenters. The highest BCUT2D eigenvalue weighted by Gasteiger charge is 2.66. The number of aliphatic hydroxyl groups is 1. The molecule has 3 heteroatoms. The molecule has 0 radical (unpaired) electrons. The summed E-state index contributed by atoms with van der Waals surface area (Å²) in [6.45, 7) is 6.90. The van der Waals surface area contributed by atoms with E-state index in [0.29, 0.717) is 29.8 Å². The predicted octanol–water partition coefficient (Wildman–Crippen LogP) is 2.93. The average Bonchev–Trinajstić information content (AvgIpc) is 2.62. The molecule has 2 fully saturated rings. The molecule has 0 aromatic rings.